The fourth-order valence-corrected chi connectivity index (χ4v) is 2.07. The van der Waals surface area contributed by atoms with Crippen molar-refractivity contribution in [2.24, 2.45) is 0 Å². The van der Waals surface area contributed by atoms with Crippen molar-refractivity contribution >= 4 is 17.8 Å². The minimum Gasteiger partial charge on any atom is -0.493 e. The zero-order valence-electron chi connectivity index (χ0n) is 13.5. The zero-order valence-corrected chi connectivity index (χ0v) is 13.5. The zero-order chi connectivity index (χ0) is 17.2. The van der Waals surface area contributed by atoms with E-state index in [1.807, 2.05) is 67.6 Å². The molecule has 0 aliphatic rings. The van der Waals surface area contributed by atoms with E-state index in [0.29, 0.717) is 6.61 Å². The van der Waals surface area contributed by atoms with Crippen molar-refractivity contribution in [1.29, 1.82) is 0 Å². The van der Waals surface area contributed by atoms with Gasteiger partial charge in [0.1, 0.15) is 5.75 Å². The Bertz CT molecular complexity index is 759. The third-order valence-corrected chi connectivity index (χ3v) is 3.22. The monoisotopic (exact) mass is 321 g/mol. The van der Waals surface area contributed by atoms with E-state index in [0.717, 1.165) is 16.9 Å². The van der Waals surface area contributed by atoms with Gasteiger partial charge in [-0.3, -0.25) is 10.1 Å². The predicted molar refractivity (Wildman–Crippen MR) is 97.9 cm³/mol. The highest BCUT2D eigenvalue weighted by atomic mass is 16.6. The summed E-state index contributed by atoms with van der Waals surface area (Å²) in [7, 11) is 0. The number of para-hydroxylation sites is 1. The fourth-order valence-electron chi connectivity index (χ4n) is 2.07. The summed E-state index contributed by atoms with van der Waals surface area (Å²) >= 11 is 0. The molecular formula is C20H19NO3. The Labute approximate surface area is 141 Å². The molecule has 0 N–H and O–H groups in total. The maximum Gasteiger partial charge on any atom is 0.269 e. The SMILES string of the molecule is CCOc1ccccc1/C=C/C=C/C=C/c1ccc([N+](=O)[O-])cc1. The van der Waals surface area contributed by atoms with Gasteiger partial charge in [-0.2, -0.15) is 0 Å². The topological polar surface area (TPSA) is 52.4 Å². The van der Waals surface area contributed by atoms with Crippen molar-refractivity contribution in [1.82, 2.24) is 0 Å². The molecule has 0 fully saturated rings. The third-order valence-electron chi connectivity index (χ3n) is 3.22. The van der Waals surface area contributed by atoms with Crippen LogP contribution in [0.25, 0.3) is 12.2 Å². The summed E-state index contributed by atoms with van der Waals surface area (Å²) in [5.74, 6) is 0.867. The number of benzene rings is 2. The number of hydrogen-bond acceptors (Lipinski definition) is 3. The first kappa shape index (κ1) is 17.2. The van der Waals surface area contributed by atoms with Gasteiger partial charge in [0.2, 0.25) is 0 Å². The van der Waals surface area contributed by atoms with Crippen molar-refractivity contribution in [3.05, 3.63) is 94.1 Å². The first-order valence-electron chi connectivity index (χ1n) is 7.68. The van der Waals surface area contributed by atoms with Gasteiger partial charge in [0.05, 0.1) is 11.5 Å². The van der Waals surface area contributed by atoms with Crippen LogP contribution in [0.4, 0.5) is 5.69 Å². The van der Waals surface area contributed by atoms with Gasteiger partial charge in [-0.05, 0) is 30.7 Å². The van der Waals surface area contributed by atoms with Gasteiger partial charge in [0.25, 0.3) is 5.69 Å². The van der Waals surface area contributed by atoms with Crippen LogP contribution in [0.5, 0.6) is 5.75 Å². The Hall–Kier alpha value is -3.14. The average Bonchev–Trinajstić information content (AvgIpc) is 2.60. The normalized spacial score (nSPS) is 11.5. The first-order chi connectivity index (χ1) is 11.7. The third kappa shape index (κ3) is 5.25. The molecule has 2 aromatic rings. The molecular weight excluding hydrogens is 302 g/mol. The van der Waals surface area contributed by atoms with Crippen molar-refractivity contribution in [3.8, 4) is 5.75 Å². The predicted octanol–water partition coefficient (Wildman–Crippen LogP) is 5.28. The van der Waals surface area contributed by atoms with Gasteiger partial charge < -0.3 is 4.74 Å². The van der Waals surface area contributed by atoms with Crippen molar-refractivity contribution in [2.75, 3.05) is 6.61 Å². The Morgan fingerprint density at radius 2 is 1.62 bits per heavy atom. The summed E-state index contributed by atoms with van der Waals surface area (Å²) in [6.45, 7) is 2.60. The van der Waals surface area contributed by atoms with Crippen LogP contribution in [0, 0.1) is 10.1 Å². The van der Waals surface area contributed by atoms with Crippen LogP contribution in [0.15, 0.2) is 72.8 Å². The summed E-state index contributed by atoms with van der Waals surface area (Å²) < 4.78 is 5.56. The summed E-state index contributed by atoms with van der Waals surface area (Å²) in [4.78, 5) is 10.2. The number of allylic oxidation sites excluding steroid dienone is 4. The molecule has 2 rings (SSSR count). The smallest absolute Gasteiger partial charge is 0.269 e. The van der Waals surface area contributed by atoms with Crippen molar-refractivity contribution in [2.45, 2.75) is 6.92 Å². The number of rotatable bonds is 7. The molecule has 0 amide bonds. The number of ether oxygens (including phenoxy) is 1. The van der Waals surface area contributed by atoms with E-state index in [1.165, 1.54) is 12.1 Å². The molecule has 4 nitrogen and oxygen atoms in total. The largest absolute Gasteiger partial charge is 0.493 e. The van der Waals surface area contributed by atoms with E-state index in [4.69, 9.17) is 4.74 Å². The summed E-state index contributed by atoms with van der Waals surface area (Å²) in [6.07, 6.45) is 11.5. The lowest BCUT2D eigenvalue weighted by atomic mass is 10.2. The summed E-state index contributed by atoms with van der Waals surface area (Å²) in [5, 5.41) is 10.6. The number of nitro benzene ring substituents is 1. The molecule has 4 heteroatoms. The van der Waals surface area contributed by atoms with Gasteiger partial charge in [-0.15, -0.1) is 0 Å². The second-order valence-electron chi connectivity index (χ2n) is 4.92. The number of hydrogen-bond donors (Lipinski definition) is 0. The van der Waals surface area contributed by atoms with Gasteiger partial charge in [0.15, 0.2) is 0 Å². The molecule has 0 aliphatic carbocycles. The molecule has 122 valence electrons. The molecule has 0 heterocycles. The lowest BCUT2D eigenvalue weighted by Crippen LogP contribution is -1.92. The highest BCUT2D eigenvalue weighted by Crippen LogP contribution is 2.19. The molecule has 0 radical (unpaired) electrons. The van der Waals surface area contributed by atoms with E-state index in [1.54, 1.807) is 12.1 Å². The van der Waals surface area contributed by atoms with Gasteiger partial charge in [-0.1, -0.05) is 54.7 Å². The van der Waals surface area contributed by atoms with Crippen LogP contribution in [-0.4, -0.2) is 11.5 Å². The average molecular weight is 321 g/mol. The number of nitro groups is 1. The molecule has 0 spiro atoms. The maximum atomic E-state index is 10.6. The minimum absolute atomic E-state index is 0.0959. The van der Waals surface area contributed by atoms with Crippen LogP contribution < -0.4 is 4.74 Å². The van der Waals surface area contributed by atoms with Crippen LogP contribution in [0.1, 0.15) is 18.1 Å². The molecule has 0 unspecified atom stereocenters. The highest BCUT2D eigenvalue weighted by molar-refractivity contribution is 5.59. The second-order valence-corrected chi connectivity index (χ2v) is 4.92. The van der Waals surface area contributed by atoms with Crippen LogP contribution in [-0.2, 0) is 0 Å². The fraction of sp³-hybridized carbons (Fsp3) is 0.100. The van der Waals surface area contributed by atoms with Crippen LogP contribution in [0.2, 0.25) is 0 Å². The number of non-ortho nitro benzene ring substituents is 1. The van der Waals surface area contributed by atoms with Crippen LogP contribution in [0.3, 0.4) is 0 Å². The van der Waals surface area contributed by atoms with E-state index < -0.39 is 4.92 Å². The molecule has 24 heavy (non-hydrogen) atoms. The molecule has 0 bridgehead atoms. The van der Waals surface area contributed by atoms with Gasteiger partial charge in [-0.25, -0.2) is 0 Å². The Balaban J connectivity index is 1.93. The molecule has 0 saturated heterocycles. The highest BCUT2D eigenvalue weighted by Gasteiger charge is 2.01. The second kappa shape index (κ2) is 9.10. The number of nitrogens with zero attached hydrogens (tertiary/aromatic N) is 1. The van der Waals surface area contributed by atoms with E-state index in [2.05, 4.69) is 0 Å². The Kier molecular flexibility index (Phi) is 6.53. The Morgan fingerprint density at radius 3 is 2.29 bits per heavy atom. The molecule has 0 aliphatic heterocycles. The molecule has 0 aromatic heterocycles. The minimum atomic E-state index is -0.404. The van der Waals surface area contributed by atoms with Gasteiger partial charge >= 0.3 is 0 Å². The summed E-state index contributed by atoms with van der Waals surface area (Å²) in [6, 6.07) is 14.3. The molecule has 2 aromatic carbocycles. The molecule has 0 saturated carbocycles. The van der Waals surface area contributed by atoms with Crippen LogP contribution >= 0.6 is 0 Å². The standard InChI is InChI=1S/C20H19NO3/c1-2-24-20-12-8-7-11-18(20)10-6-4-3-5-9-17-13-15-19(16-14-17)21(22)23/h3-16H,2H2,1H3/b4-3+,9-5+,10-6+. The van der Waals surface area contributed by atoms with Crippen molar-refractivity contribution in [3.63, 3.8) is 0 Å². The van der Waals surface area contributed by atoms with E-state index in [-0.39, 0.29) is 5.69 Å². The molecule has 0 atom stereocenters. The summed E-state index contributed by atoms with van der Waals surface area (Å²) in [5.41, 5.74) is 2.04. The first-order valence-corrected chi connectivity index (χ1v) is 7.68. The lowest BCUT2D eigenvalue weighted by molar-refractivity contribution is -0.384. The van der Waals surface area contributed by atoms with E-state index in [9.17, 15) is 10.1 Å². The Morgan fingerprint density at radius 1 is 0.958 bits per heavy atom. The van der Waals surface area contributed by atoms with Crippen molar-refractivity contribution < 1.29 is 9.66 Å². The quantitative estimate of drug-likeness (QED) is 0.396. The lowest BCUT2D eigenvalue weighted by Gasteiger charge is -2.05. The van der Waals surface area contributed by atoms with E-state index >= 15 is 0 Å². The maximum absolute atomic E-state index is 10.6. The van der Waals surface area contributed by atoms with Gasteiger partial charge in [0, 0.05) is 17.7 Å².